The minimum atomic E-state index is -4.62. The minimum absolute atomic E-state index is 0.0149. The van der Waals surface area contributed by atoms with Gasteiger partial charge in [-0.15, -0.1) is 18.1 Å². The molecule has 0 amide bonds. The van der Waals surface area contributed by atoms with E-state index in [1.165, 1.54) is 31.4 Å². The Morgan fingerprint density at radius 3 is 2.40 bits per heavy atom. The van der Waals surface area contributed by atoms with E-state index in [0.29, 0.717) is 25.2 Å². The molecule has 0 N–H and O–H groups in total. The molecule has 1 saturated carbocycles. The summed E-state index contributed by atoms with van der Waals surface area (Å²) in [6, 6.07) is 5.67. The number of hydrogen-bond donors (Lipinski definition) is 0. The number of pyridine rings is 1. The molecule has 4 atom stereocenters. The van der Waals surface area contributed by atoms with Crippen molar-refractivity contribution in [2.45, 2.75) is 125 Å². The quantitative estimate of drug-likeness (QED) is 0.177. The molecule has 2 spiro atoms. The third kappa shape index (κ3) is 5.50. The maximum atomic E-state index is 13.8. The van der Waals surface area contributed by atoms with Gasteiger partial charge in [-0.05, 0) is 63.0 Å². The summed E-state index contributed by atoms with van der Waals surface area (Å²) < 4.78 is 62.0. The van der Waals surface area contributed by atoms with Crippen LogP contribution in [0.5, 0.6) is 0 Å². The second-order valence-electron chi connectivity index (χ2n) is 15.5. The first-order valence-electron chi connectivity index (χ1n) is 16.2. The smallest absolute Gasteiger partial charge is 0.417 e. The van der Waals surface area contributed by atoms with Gasteiger partial charge in [0.15, 0.2) is 0 Å². The molecule has 5 nitrogen and oxygen atoms in total. The Morgan fingerprint density at radius 2 is 1.84 bits per heavy atom. The molecule has 4 aliphatic rings. The van der Waals surface area contributed by atoms with Crippen LogP contribution in [0.1, 0.15) is 130 Å². The maximum Gasteiger partial charge on any atom is 0.417 e. The number of alkyl halides is 4. The first-order valence-corrected chi connectivity index (χ1v) is 20.3. The molecule has 0 bridgehead atoms. The van der Waals surface area contributed by atoms with Crippen LogP contribution in [0.25, 0.3) is 0 Å². The van der Waals surface area contributed by atoms with E-state index in [1.807, 2.05) is 0 Å². The number of rotatable bonds is 4. The van der Waals surface area contributed by atoms with Crippen molar-refractivity contribution in [2.24, 2.45) is 5.41 Å². The number of ether oxygens (including phenoxy) is 2. The van der Waals surface area contributed by atoms with Crippen LogP contribution in [0.2, 0.25) is 18.1 Å². The second kappa shape index (κ2) is 11.3. The van der Waals surface area contributed by atoms with Gasteiger partial charge in [0.1, 0.15) is 11.7 Å². The van der Waals surface area contributed by atoms with E-state index in [0.717, 1.165) is 47.0 Å². The molecule has 10 heteroatoms. The molecule has 0 radical (unpaired) electrons. The van der Waals surface area contributed by atoms with Crippen LogP contribution >= 0.6 is 22.6 Å². The SMILES string of the molecule is CC(C)c1nc2c(c3c1[C@@H](c1ccc(C(F)(F)F)c(C#N)c1)OC31CCOCC1I)[C@@H](O[Si-](C)(C)C(C)(C)C)CC1(CCC1)C2. The van der Waals surface area contributed by atoms with Crippen LogP contribution in [-0.4, -0.2) is 30.4 Å². The number of fused-ring (bicyclic) bond motifs is 4. The lowest BCUT2D eigenvalue weighted by Crippen LogP contribution is -2.48. The van der Waals surface area contributed by atoms with Gasteiger partial charge < -0.3 is 13.9 Å². The van der Waals surface area contributed by atoms with E-state index in [-0.39, 0.29) is 26.4 Å². The Bertz CT molecular complexity index is 1540. The normalized spacial score (nSPS) is 27.8. The van der Waals surface area contributed by atoms with Crippen molar-refractivity contribution >= 4 is 30.9 Å². The molecule has 2 fully saturated rings. The Hall–Kier alpha value is -1.52. The molecule has 2 unspecified atom stereocenters. The summed E-state index contributed by atoms with van der Waals surface area (Å²) in [5, 5.41) is 9.80. The Kier molecular flexibility index (Phi) is 8.37. The Morgan fingerprint density at radius 1 is 1.13 bits per heavy atom. The molecule has 1 aromatic carbocycles. The van der Waals surface area contributed by atoms with E-state index in [9.17, 15) is 18.4 Å². The van der Waals surface area contributed by atoms with Crippen LogP contribution in [0.3, 0.4) is 0 Å². The maximum absolute atomic E-state index is 13.8. The summed E-state index contributed by atoms with van der Waals surface area (Å²) in [7, 11) is -2.21. The van der Waals surface area contributed by atoms with E-state index < -0.39 is 37.3 Å². The molecular formula is C35H44F3IN2O3Si-. The Labute approximate surface area is 279 Å². The zero-order valence-electron chi connectivity index (χ0n) is 27.3. The van der Waals surface area contributed by atoms with Gasteiger partial charge in [-0.1, -0.05) is 69.7 Å². The number of nitrogens with zero attached hydrogens (tertiary/aromatic N) is 2. The lowest BCUT2D eigenvalue weighted by atomic mass is 9.58. The van der Waals surface area contributed by atoms with Crippen LogP contribution in [-0.2, 0) is 32.1 Å². The Balaban J connectivity index is 1.63. The van der Waals surface area contributed by atoms with E-state index in [1.54, 1.807) is 6.07 Å². The molecular weight excluding hydrogens is 708 g/mol. The third-order valence-electron chi connectivity index (χ3n) is 11.2. The number of hydrogen-bond acceptors (Lipinski definition) is 5. The zero-order chi connectivity index (χ0) is 32.7. The standard InChI is InChI=1S/C35H44F3IN2O3Si/c1-20(2)30-28-29(27-24(41-30)16-33(11-8-12-33)17-25(27)44-45(6,7)32(3,4)5)34(13-14-42-19-26(34)39)43-31(28)21-9-10-23(35(36,37)38)22(15-21)18-40/h9-10,15,20,25-26,31H,8,11-14,16-17,19H2,1-7H3/q-1/t25-,26?,31+,34?/m0/s1. The van der Waals surface area contributed by atoms with Gasteiger partial charge in [0.25, 0.3) is 0 Å². The van der Waals surface area contributed by atoms with Crippen molar-refractivity contribution in [3.05, 3.63) is 63.0 Å². The summed E-state index contributed by atoms with van der Waals surface area (Å²) in [5.74, 6) is 0.0571. The van der Waals surface area contributed by atoms with Gasteiger partial charge in [-0.2, -0.15) is 18.4 Å². The monoisotopic (exact) mass is 752 g/mol. The lowest BCUT2D eigenvalue weighted by molar-refractivity contribution is -0.137. The van der Waals surface area contributed by atoms with Crippen molar-refractivity contribution in [1.29, 1.82) is 5.26 Å². The van der Waals surface area contributed by atoms with Crippen molar-refractivity contribution in [1.82, 2.24) is 4.98 Å². The molecule has 3 heterocycles. The highest BCUT2D eigenvalue weighted by atomic mass is 127. The molecule has 2 aliphatic heterocycles. The fraction of sp³-hybridized carbons (Fsp3) is 0.657. The van der Waals surface area contributed by atoms with E-state index in [2.05, 4.69) is 70.3 Å². The van der Waals surface area contributed by atoms with Crippen LogP contribution < -0.4 is 0 Å². The molecule has 245 valence electrons. The first kappa shape index (κ1) is 33.4. The predicted octanol–water partition coefficient (Wildman–Crippen LogP) is 9.81. The van der Waals surface area contributed by atoms with Crippen molar-refractivity contribution in [2.75, 3.05) is 13.2 Å². The average Bonchev–Trinajstić information content (AvgIpc) is 3.27. The summed E-state index contributed by atoms with van der Waals surface area (Å²) in [4.78, 5) is 5.46. The molecule has 1 aromatic heterocycles. The molecule has 1 saturated heterocycles. The van der Waals surface area contributed by atoms with Gasteiger partial charge >= 0.3 is 6.18 Å². The summed E-state index contributed by atoms with van der Waals surface area (Å²) in [6.45, 7) is 16.7. The van der Waals surface area contributed by atoms with E-state index in [4.69, 9.17) is 18.9 Å². The average molecular weight is 753 g/mol. The van der Waals surface area contributed by atoms with Crippen molar-refractivity contribution in [3.63, 3.8) is 0 Å². The molecule has 2 aliphatic carbocycles. The van der Waals surface area contributed by atoms with E-state index >= 15 is 0 Å². The highest BCUT2D eigenvalue weighted by Crippen LogP contribution is 2.62. The van der Waals surface area contributed by atoms with Crippen LogP contribution in [0, 0.1) is 16.7 Å². The summed E-state index contributed by atoms with van der Waals surface area (Å²) in [5.41, 5.74) is 3.95. The molecule has 45 heavy (non-hydrogen) atoms. The van der Waals surface area contributed by atoms with Crippen molar-refractivity contribution in [3.8, 4) is 6.07 Å². The fourth-order valence-electron chi connectivity index (χ4n) is 7.68. The zero-order valence-corrected chi connectivity index (χ0v) is 30.5. The van der Waals surface area contributed by atoms with Gasteiger partial charge in [0.2, 0.25) is 0 Å². The predicted molar refractivity (Wildman–Crippen MR) is 178 cm³/mol. The third-order valence-corrected chi connectivity index (χ3v) is 17.1. The topological polar surface area (TPSA) is 64.4 Å². The highest BCUT2D eigenvalue weighted by Gasteiger charge is 2.57. The number of nitriles is 1. The molecule has 6 rings (SSSR count). The van der Waals surface area contributed by atoms with Gasteiger partial charge in [-0.25, -0.2) is 0 Å². The minimum Gasteiger partial charge on any atom is -0.559 e. The van der Waals surface area contributed by atoms with Gasteiger partial charge in [-0.3, -0.25) is 4.98 Å². The number of aromatic nitrogens is 1. The lowest BCUT2D eigenvalue weighted by Gasteiger charge is -2.56. The van der Waals surface area contributed by atoms with Crippen LogP contribution in [0.4, 0.5) is 13.2 Å². The second-order valence-corrected chi connectivity index (χ2v) is 21.8. The number of halogens is 4. The summed E-state index contributed by atoms with van der Waals surface area (Å²) >= 11 is 2.44. The number of benzene rings is 1. The molecule has 2 aromatic rings. The largest absolute Gasteiger partial charge is 0.559 e. The highest BCUT2D eigenvalue weighted by molar-refractivity contribution is 14.1. The van der Waals surface area contributed by atoms with Gasteiger partial charge in [0.05, 0.1) is 27.7 Å². The fourth-order valence-corrected chi connectivity index (χ4v) is 9.97. The van der Waals surface area contributed by atoms with Crippen molar-refractivity contribution < 1.29 is 27.1 Å². The first-order chi connectivity index (χ1) is 20.9. The van der Waals surface area contributed by atoms with Crippen LogP contribution in [0.15, 0.2) is 18.2 Å². The summed E-state index contributed by atoms with van der Waals surface area (Å²) in [6.07, 6.45) is 0.646. The van der Waals surface area contributed by atoms with Gasteiger partial charge in [0, 0.05) is 47.2 Å².